The number of aromatic nitrogens is 2. The van der Waals surface area contributed by atoms with Crippen molar-refractivity contribution in [2.24, 2.45) is 18.7 Å². The van der Waals surface area contributed by atoms with Crippen LogP contribution in [0.25, 0.3) is 10.8 Å². The Morgan fingerprint density at radius 2 is 1.71 bits per heavy atom. The number of hydrogen-bond donors (Lipinski definition) is 2. The second-order valence-corrected chi connectivity index (χ2v) is 12.4. The highest BCUT2D eigenvalue weighted by atomic mass is 35.5. The van der Waals surface area contributed by atoms with Crippen LogP contribution in [0.2, 0.25) is 0 Å². The number of nitrogens with zero attached hydrogens (tertiary/aromatic N) is 5. The molecular weight excluding hydrogens is 677 g/mol. The van der Waals surface area contributed by atoms with Gasteiger partial charge in [-0.05, 0) is 53.4 Å². The van der Waals surface area contributed by atoms with Gasteiger partial charge in [-0.15, -0.1) is 24.8 Å². The molecule has 14 heteroatoms. The van der Waals surface area contributed by atoms with Gasteiger partial charge in [-0.3, -0.25) is 19.3 Å². The molecular formula is C35H40Cl2F2N6O4. The second kappa shape index (κ2) is 16.1. The van der Waals surface area contributed by atoms with E-state index in [1.165, 1.54) is 29.9 Å². The van der Waals surface area contributed by atoms with Crippen molar-refractivity contribution >= 4 is 53.3 Å². The van der Waals surface area contributed by atoms with Gasteiger partial charge in [0.25, 0.3) is 5.56 Å². The van der Waals surface area contributed by atoms with Crippen LogP contribution in [0.4, 0.5) is 14.6 Å². The molecule has 4 aromatic rings. The maximum Gasteiger partial charge on any atom is 0.321 e. The molecule has 6 rings (SSSR count). The van der Waals surface area contributed by atoms with Crippen LogP contribution in [0.1, 0.15) is 23.5 Å². The lowest BCUT2D eigenvalue weighted by Gasteiger charge is -2.44. The summed E-state index contributed by atoms with van der Waals surface area (Å²) in [4.78, 5) is 44.5. The van der Waals surface area contributed by atoms with Crippen molar-refractivity contribution < 1.29 is 23.5 Å². The van der Waals surface area contributed by atoms with Gasteiger partial charge in [0, 0.05) is 63.9 Å². The minimum Gasteiger partial charge on any atom is -0.480 e. The fourth-order valence-corrected chi connectivity index (χ4v) is 7.08. The number of carbonyl (C=O) groups excluding carboxylic acids is 1. The Labute approximate surface area is 295 Å². The molecule has 10 nitrogen and oxygen atoms in total. The third-order valence-corrected chi connectivity index (χ3v) is 9.54. The van der Waals surface area contributed by atoms with E-state index < -0.39 is 35.5 Å². The first-order chi connectivity index (χ1) is 22.6. The third-order valence-electron chi connectivity index (χ3n) is 9.54. The summed E-state index contributed by atoms with van der Waals surface area (Å²) in [6.45, 7) is 1.67. The molecule has 2 aliphatic heterocycles. The zero-order valence-corrected chi connectivity index (χ0v) is 28.6. The molecule has 0 bridgehead atoms. The summed E-state index contributed by atoms with van der Waals surface area (Å²) in [7, 11) is 1.53. The van der Waals surface area contributed by atoms with Gasteiger partial charge < -0.3 is 20.6 Å². The first-order valence-electron chi connectivity index (χ1n) is 15.8. The number of fused-ring (bicyclic) bond motifs is 1. The summed E-state index contributed by atoms with van der Waals surface area (Å²) in [5.74, 6) is -3.43. The van der Waals surface area contributed by atoms with Crippen LogP contribution in [-0.2, 0) is 23.1 Å². The SMILES string of the molecule is Cl.Cl.Cn1nc(N2C[C@@H](C(=O)N3CCN([C@@H](Cc4ccc5ccccc5c4)C(=O)O)C[C@@H]3CCN)[C@H](c3ccc(F)cc3F)C2)ccc1=O. The number of halogens is 4. The van der Waals surface area contributed by atoms with E-state index >= 15 is 4.39 Å². The fourth-order valence-electron chi connectivity index (χ4n) is 7.08. The number of aryl methyl sites for hydroxylation is 1. The molecule has 4 atom stereocenters. The number of piperazine rings is 1. The number of anilines is 1. The van der Waals surface area contributed by atoms with Gasteiger partial charge in [0.2, 0.25) is 5.91 Å². The van der Waals surface area contributed by atoms with E-state index in [0.717, 1.165) is 22.4 Å². The largest absolute Gasteiger partial charge is 0.480 e. The van der Waals surface area contributed by atoms with Crippen LogP contribution in [0.15, 0.2) is 77.6 Å². The molecule has 262 valence electrons. The topological polar surface area (TPSA) is 125 Å². The van der Waals surface area contributed by atoms with Crippen molar-refractivity contribution in [1.82, 2.24) is 19.6 Å². The highest BCUT2D eigenvalue weighted by molar-refractivity contribution is 5.86. The fraction of sp³-hybridized carbons (Fsp3) is 0.371. The highest BCUT2D eigenvalue weighted by Crippen LogP contribution is 2.38. The van der Waals surface area contributed by atoms with Crippen LogP contribution in [0.5, 0.6) is 0 Å². The summed E-state index contributed by atoms with van der Waals surface area (Å²) in [5.41, 5.74) is 6.86. The van der Waals surface area contributed by atoms with E-state index in [2.05, 4.69) is 5.10 Å². The van der Waals surface area contributed by atoms with Crippen LogP contribution in [0, 0.1) is 17.6 Å². The molecule has 3 heterocycles. The Balaban J connectivity index is 0.00000270. The van der Waals surface area contributed by atoms with Crippen molar-refractivity contribution in [2.45, 2.75) is 30.8 Å². The van der Waals surface area contributed by atoms with Crippen molar-refractivity contribution in [3.05, 3.63) is 106 Å². The number of amides is 1. The minimum atomic E-state index is -0.938. The summed E-state index contributed by atoms with van der Waals surface area (Å²) in [6.07, 6.45) is 0.762. The summed E-state index contributed by atoms with van der Waals surface area (Å²) in [6, 6.07) is 19.1. The lowest BCUT2D eigenvalue weighted by atomic mass is 9.86. The van der Waals surface area contributed by atoms with E-state index in [-0.39, 0.29) is 67.5 Å². The van der Waals surface area contributed by atoms with E-state index in [9.17, 15) is 23.9 Å². The van der Waals surface area contributed by atoms with E-state index in [1.54, 1.807) is 11.0 Å². The van der Waals surface area contributed by atoms with Crippen LogP contribution in [-0.4, -0.2) is 87.9 Å². The number of benzene rings is 3. The van der Waals surface area contributed by atoms with E-state index in [4.69, 9.17) is 5.73 Å². The van der Waals surface area contributed by atoms with E-state index in [0.29, 0.717) is 38.3 Å². The third kappa shape index (κ3) is 8.04. The molecule has 0 saturated carbocycles. The second-order valence-electron chi connectivity index (χ2n) is 12.4. The number of carboxylic acids is 1. The number of hydrogen-bond acceptors (Lipinski definition) is 7. The van der Waals surface area contributed by atoms with Crippen LogP contribution >= 0.6 is 24.8 Å². The Bertz CT molecular complexity index is 1860. The molecule has 3 N–H and O–H groups in total. The monoisotopic (exact) mass is 716 g/mol. The zero-order valence-electron chi connectivity index (χ0n) is 27.0. The molecule has 0 unspecified atom stereocenters. The van der Waals surface area contributed by atoms with E-state index in [1.807, 2.05) is 52.3 Å². The lowest BCUT2D eigenvalue weighted by molar-refractivity contribution is -0.147. The van der Waals surface area contributed by atoms with Gasteiger partial charge in [0.1, 0.15) is 23.5 Å². The zero-order chi connectivity index (χ0) is 33.2. The standard InChI is InChI=1S/C35H38F2N6O4.2ClH/c1-40-33(44)11-10-32(39-40)42-20-28(27-9-8-25(36)18-30(27)37)29(21-42)34(45)43-15-14-41(19-26(43)12-13-38)31(35(46)47)17-22-6-7-23-4-2-3-5-24(23)16-22;;/h2-11,16,18,26,28-29,31H,12-15,17,19-21,38H2,1H3,(H,46,47);2*1H/t26-,28-,29+,31-;;/m0../s1. The van der Waals surface area contributed by atoms with Crippen LogP contribution in [0.3, 0.4) is 0 Å². The first kappa shape index (κ1) is 37.7. The molecule has 1 amide bonds. The molecule has 2 saturated heterocycles. The van der Waals surface area contributed by atoms with Gasteiger partial charge in [0.15, 0.2) is 0 Å². The maximum absolute atomic E-state index is 15.2. The summed E-state index contributed by atoms with van der Waals surface area (Å²) < 4.78 is 30.3. The number of nitrogens with two attached hydrogens (primary N) is 1. The number of aliphatic carboxylic acids is 1. The molecule has 0 aliphatic carbocycles. The highest BCUT2D eigenvalue weighted by Gasteiger charge is 2.45. The number of rotatable bonds is 9. The smallest absolute Gasteiger partial charge is 0.321 e. The Morgan fingerprint density at radius 3 is 2.41 bits per heavy atom. The summed E-state index contributed by atoms with van der Waals surface area (Å²) >= 11 is 0. The average Bonchev–Trinajstić information content (AvgIpc) is 3.49. The Kier molecular flexibility index (Phi) is 12.4. The predicted octanol–water partition coefficient (Wildman–Crippen LogP) is 3.83. The number of carbonyl (C=O) groups is 2. The van der Waals surface area contributed by atoms with Gasteiger partial charge in [-0.2, -0.15) is 5.10 Å². The first-order valence-corrected chi connectivity index (χ1v) is 15.8. The Morgan fingerprint density at radius 1 is 0.959 bits per heavy atom. The Hall–Kier alpha value is -4.10. The molecule has 2 aliphatic rings. The van der Waals surface area contributed by atoms with Crippen LogP contribution < -0.4 is 16.2 Å². The molecule has 0 spiro atoms. The summed E-state index contributed by atoms with van der Waals surface area (Å²) in [5, 5.41) is 16.8. The average molecular weight is 718 g/mol. The molecule has 49 heavy (non-hydrogen) atoms. The molecule has 3 aromatic carbocycles. The van der Waals surface area contributed by atoms with Crippen molar-refractivity contribution in [3.8, 4) is 0 Å². The predicted molar refractivity (Wildman–Crippen MR) is 189 cm³/mol. The minimum absolute atomic E-state index is 0. The van der Waals surface area contributed by atoms with Gasteiger partial charge in [-0.1, -0.05) is 48.5 Å². The molecule has 0 radical (unpaired) electrons. The van der Waals surface area contributed by atoms with Crippen molar-refractivity contribution in [2.75, 3.05) is 44.2 Å². The van der Waals surface area contributed by atoms with Gasteiger partial charge >= 0.3 is 5.97 Å². The molecule has 1 aromatic heterocycles. The van der Waals surface area contributed by atoms with Crippen molar-refractivity contribution in [3.63, 3.8) is 0 Å². The molecule has 2 fully saturated rings. The maximum atomic E-state index is 15.2. The van der Waals surface area contributed by atoms with Gasteiger partial charge in [-0.25, -0.2) is 13.5 Å². The normalized spacial score (nSPS) is 20.0. The quantitative estimate of drug-likeness (QED) is 0.268. The number of carboxylic acid groups (broad SMARTS) is 1. The van der Waals surface area contributed by atoms with Gasteiger partial charge in [0.05, 0.1) is 5.92 Å². The van der Waals surface area contributed by atoms with Crippen molar-refractivity contribution in [1.29, 1.82) is 0 Å². The lowest BCUT2D eigenvalue weighted by Crippen LogP contribution is -2.60.